The molecule has 4 rings (SSSR count). The van der Waals surface area contributed by atoms with Gasteiger partial charge in [0.2, 0.25) is 10.0 Å². The summed E-state index contributed by atoms with van der Waals surface area (Å²) >= 11 is 1.06. The van der Waals surface area contributed by atoms with Crippen molar-refractivity contribution in [2.75, 3.05) is 5.75 Å². The molecule has 0 bridgehead atoms. The number of nitrogens with one attached hydrogen (secondary N) is 1. The van der Waals surface area contributed by atoms with Crippen molar-refractivity contribution in [2.45, 2.75) is 16.6 Å². The molecule has 0 aliphatic carbocycles. The zero-order valence-corrected chi connectivity index (χ0v) is 20.4. The van der Waals surface area contributed by atoms with Crippen LogP contribution in [0.2, 0.25) is 0 Å². The van der Waals surface area contributed by atoms with Crippen molar-refractivity contribution < 1.29 is 18.3 Å². The number of hydrogen-bond acceptors (Lipinski definition) is 8. The summed E-state index contributed by atoms with van der Waals surface area (Å²) in [5, 5.41) is 19.5. The van der Waals surface area contributed by atoms with Crippen molar-refractivity contribution in [1.29, 1.82) is 0 Å². The van der Waals surface area contributed by atoms with Crippen LogP contribution < -0.4 is 16.1 Å². The Labute approximate surface area is 210 Å². The van der Waals surface area contributed by atoms with Crippen LogP contribution in [0.25, 0.3) is 10.9 Å². The number of thioether (sulfide) groups is 1. The van der Waals surface area contributed by atoms with Crippen molar-refractivity contribution >= 4 is 44.8 Å². The molecule has 0 atom stereocenters. The molecule has 0 aliphatic rings. The van der Waals surface area contributed by atoms with Crippen LogP contribution in [0, 0.1) is 0 Å². The highest BCUT2D eigenvalue weighted by Crippen LogP contribution is 2.19. The van der Waals surface area contributed by atoms with E-state index in [4.69, 9.17) is 5.14 Å². The van der Waals surface area contributed by atoms with E-state index in [1.54, 1.807) is 54.6 Å². The average molecular weight is 524 g/mol. The molecule has 4 N–H and O–H groups in total. The summed E-state index contributed by atoms with van der Waals surface area (Å²) in [6, 6.07) is 19.3. The number of hydrazone groups is 1. The number of nitrogens with two attached hydrogens (primary N) is 1. The third-order valence-corrected chi connectivity index (χ3v) is 6.99. The number of aromatic hydroxyl groups is 1. The fourth-order valence-corrected chi connectivity index (χ4v) is 4.60. The van der Waals surface area contributed by atoms with Crippen LogP contribution in [0.5, 0.6) is 5.75 Å². The van der Waals surface area contributed by atoms with E-state index in [9.17, 15) is 23.1 Å². The van der Waals surface area contributed by atoms with Crippen LogP contribution in [0.1, 0.15) is 11.1 Å². The standard InChI is InChI=1S/C24H21N5O5S2/c25-36(33,34)18-11-9-16(10-12-18)14-29-23(32)19-6-2-3-7-20(19)27-24(29)35-15-22(31)28-26-13-17-5-1-4-8-21(17)30/h1-13,30H,14-15H2,(H,28,31)(H2,25,33,34)/b26-13+. The Morgan fingerprint density at radius 3 is 2.50 bits per heavy atom. The van der Waals surface area contributed by atoms with Gasteiger partial charge in [-0.25, -0.2) is 24.0 Å². The van der Waals surface area contributed by atoms with Gasteiger partial charge >= 0.3 is 0 Å². The smallest absolute Gasteiger partial charge is 0.262 e. The van der Waals surface area contributed by atoms with E-state index in [1.807, 2.05) is 0 Å². The van der Waals surface area contributed by atoms with E-state index in [2.05, 4.69) is 15.5 Å². The molecular formula is C24H21N5O5S2. The Bertz CT molecular complexity index is 1620. The van der Waals surface area contributed by atoms with Crippen LogP contribution >= 0.6 is 11.8 Å². The molecule has 0 unspecified atom stereocenters. The second-order valence-corrected chi connectivity index (χ2v) is 10.1. The second kappa shape index (κ2) is 10.7. The summed E-state index contributed by atoms with van der Waals surface area (Å²) in [4.78, 5) is 30.1. The predicted molar refractivity (Wildman–Crippen MR) is 137 cm³/mol. The number of aromatic nitrogens is 2. The van der Waals surface area contributed by atoms with Crippen LogP contribution in [0.3, 0.4) is 0 Å². The topological polar surface area (TPSA) is 157 Å². The summed E-state index contributed by atoms with van der Waals surface area (Å²) in [5.41, 5.74) is 3.68. The number of para-hydroxylation sites is 2. The first-order valence-corrected chi connectivity index (χ1v) is 13.1. The Hall–Kier alpha value is -4.00. The minimum atomic E-state index is -3.84. The maximum absolute atomic E-state index is 13.2. The summed E-state index contributed by atoms with van der Waals surface area (Å²) in [5.74, 6) is -0.475. The van der Waals surface area contributed by atoms with E-state index in [1.165, 1.54) is 29.0 Å². The lowest BCUT2D eigenvalue weighted by molar-refractivity contribution is -0.118. The van der Waals surface area contributed by atoms with Gasteiger partial charge in [0.1, 0.15) is 5.75 Å². The van der Waals surface area contributed by atoms with E-state index < -0.39 is 15.9 Å². The highest BCUT2D eigenvalue weighted by molar-refractivity contribution is 7.99. The summed E-state index contributed by atoms with van der Waals surface area (Å²) in [6.07, 6.45) is 1.33. The molecule has 0 saturated carbocycles. The minimum absolute atomic E-state index is 0.0337. The number of amides is 1. The van der Waals surface area contributed by atoms with Crippen LogP contribution in [0.15, 0.2) is 92.7 Å². The molecule has 1 aromatic heterocycles. The first-order chi connectivity index (χ1) is 17.2. The molecule has 0 aliphatic heterocycles. The molecule has 0 fully saturated rings. The number of hydrogen-bond donors (Lipinski definition) is 3. The van der Waals surface area contributed by atoms with Gasteiger partial charge in [0, 0.05) is 5.56 Å². The second-order valence-electron chi connectivity index (χ2n) is 7.63. The fourth-order valence-electron chi connectivity index (χ4n) is 3.30. The van der Waals surface area contributed by atoms with E-state index >= 15 is 0 Å². The van der Waals surface area contributed by atoms with Gasteiger partial charge in [0.15, 0.2) is 5.16 Å². The quantitative estimate of drug-likeness (QED) is 0.138. The lowest BCUT2D eigenvalue weighted by atomic mass is 10.2. The van der Waals surface area contributed by atoms with Crippen LogP contribution in [0.4, 0.5) is 0 Å². The Kier molecular flexibility index (Phi) is 7.48. The molecular weight excluding hydrogens is 502 g/mol. The van der Waals surface area contributed by atoms with Gasteiger partial charge in [-0.3, -0.25) is 14.2 Å². The van der Waals surface area contributed by atoms with Gasteiger partial charge in [-0.15, -0.1) is 0 Å². The van der Waals surface area contributed by atoms with E-state index in [0.29, 0.717) is 27.2 Å². The first kappa shape index (κ1) is 25.1. The third-order valence-electron chi connectivity index (χ3n) is 5.08. The monoisotopic (exact) mass is 523 g/mol. The summed E-state index contributed by atoms with van der Waals surface area (Å²) < 4.78 is 24.5. The van der Waals surface area contributed by atoms with E-state index in [0.717, 1.165) is 11.8 Å². The molecule has 0 spiro atoms. The van der Waals surface area contributed by atoms with Gasteiger partial charge in [0.25, 0.3) is 11.5 Å². The van der Waals surface area contributed by atoms with Gasteiger partial charge in [-0.1, -0.05) is 48.2 Å². The Balaban J connectivity index is 1.55. The molecule has 0 saturated heterocycles. The molecule has 10 nitrogen and oxygen atoms in total. The molecule has 0 radical (unpaired) electrons. The Morgan fingerprint density at radius 2 is 1.78 bits per heavy atom. The fraction of sp³-hybridized carbons (Fsp3) is 0.0833. The summed E-state index contributed by atoms with van der Waals surface area (Å²) in [7, 11) is -3.84. The minimum Gasteiger partial charge on any atom is -0.507 e. The highest BCUT2D eigenvalue weighted by Gasteiger charge is 2.14. The molecule has 1 amide bonds. The SMILES string of the molecule is NS(=O)(=O)c1ccc(Cn2c(SCC(=O)N/N=C/c3ccccc3O)nc3ccccc3c2=O)cc1. The Morgan fingerprint density at radius 1 is 1.08 bits per heavy atom. The molecule has 4 aromatic rings. The number of rotatable bonds is 8. The number of nitrogens with zero attached hydrogens (tertiary/aromatic N) is 3. The lowest BCUT2D eigenvalue weighted by Gasteiger charge is -2.13. The third kappa shape index (κ3) is 5.97. The largest absolute Gasteiger partial charge is 0.507 e. The maximum Gasteiger partial charge on any atom is 0.262 e. The number of carbonyl (C=O) groups is 1. The molecule has 12 heteroatoms. The molecule has 3 aromatic carbocycles. The number of phenols is 1. The lowest BCUT2D eigenvalue weighted by Crippen LogP contribution is -2.25. The van der Waals surface area contributed by atoms with Gasteiger partial charge < -0.3 is 5.11 Å². The summed E-state index contributed by atoms with van der Waals surface area (Å²) in [6.45, 7) is 0.108. The van der Waals surface area contributed by atoms with Crippen molar-refractivity contribution in [3.63, 3.8) is 0 Å². The number of fused-ring (bicyclic) bond motifs is 1. The van der Waals surface area contributed by atoms with Crippen LogP contribution in [-0.2, 0) is 21.4 Å². The van der Waals surface area contributed by atoms with Crippen molar-refractivity contribution in [2.24, 2.45) is 10.2 Å². The number of phenolic OH excluding ortho intramolecular Hbond substituents is 1. The van der Waals surface area contributed by atoms with Gasteiger partial charge in [-0.2, -0.15) is 5.10 Å². The number of sulfonamides is 1. The van der Waals surface area contributed by atoms with Gasteiger partial charge in [0.05, 0.1) is 34.3 Å². The molecule has 184 valence electrons. The first-order valence-electron chi connectivity index (χ1n) is 10.6. The van der Waals surface area contributed by atoms with Crippen molar-refractivity contribution in [1.82, 2.24) is 15.0 Å². The van der Waals surface area contributed by atoms with Gasteiger partial charge in [-0.05, 0) is 42.0 Å². The number of primary sulfonamides is 1. The molecule has 36 heavy (non-hydrogen) atoms. The zero-order valence-electron chi connectivity index (χ0n) is 18.7. The number of carbonyl (C=O) groups excluding carboxylic acids is 1. The number of benzene rings is 3. The zero-order chi connectivity index (χ0) is 25.7. The highest BCUT2D eigenvalue weighted by atomic mass is 32.2. The maximum atomic E-state index is 13.2. The normalized spacial score (nSPS) is 11.7. The average Bonchev–Trinajstić information content (AvgIpc) is 2.85. The molecule has 1 heterocycles. The van der Waals surface area contributed by atoms with Crippen LogP contribution in [-0.4, -0.2) is 41.0 Å². The van der Waals surface area contributed by atoms with E-state index in [-0.39, 0.29) is 28.5 Å². The predicted octanol–water partition coefficient (Wildman–Crippen LogP) is 2.04. The van der Waals surface area contributed by atoms with Crippen molar-refractivity contribution in [3.05, 3.63) is 94.3 Å². The van der Waals surface area contributed by atoms with Crippen molar-refractivity contribution in [3.8, 4) is 5.75 Å².